The van der Waals surface area contributed by atoms with Crippen molar-refractivity contribution >= 4 is 27.5 Å². The van der Waals surface area contributed by atoms with Gasteiger partial charge in [0.15, 0.2) is 5.01 Å². The van der Waals surface area contributed by atoms with Crippen LogP contribution in [0, 0.1) is 0 Å². The lowest BCUT2D eigenvalue weighted by Gasteiger charge is -2.19. The lowest BCUT2D eigenvalue weighted by molar-refractivity contribution is 0.0950. The summed E-state index contributed by atoms with van der Waals surface area (Å²) in [6, 6.07) is 13.2. The van der Waals surface area contributed by atoms with E-state index in [0.717, 1.165) is 15.8 Å². The first-order chi connectivity index (χ1) is 11.3. The highest BCUT2D eigenvalue weighted by Gasteiger charge is 2.14. The molecule has 0 aliphatic carbocycles. The lowest BCUT2D eigenvalue weighted by Crippen LogP contribution is -2.22. The number of phenols is 1. The van der Waals surface area contributed by atoms with Crippen LogP contribution in [0.4, 0.5) is 0 Å². The van der Waals surface area contributed by atoms with E-state index in [9.17, 15) is 9.90 Å². The molecule has 3 rings (SSSR count). The zero-order valence-electron chi connectivity index (χ0n) is 14.0. The van der Waals surface area contributed by atoms with Crippen molar-refractivity contribution in [3.63, 3.8) is 0 Å². The molecule has 1 aromatic heterocycles. The zero-order chi connectivity index (χ0) is 17.3. The Morgan fingerprint density at radius 1 is 1.17 bits per heavy atom. The topological polar surface area (TPSA) is 62.2 Å². The number of rotatable bonds is 3. The van der Waals surface area contributed by atoms with Crippen molar-refractivity contribution in [2.75, 3.05) is 0 Å². The first kappa shape index (κ1) is 16.5. The van der Waals surface area contributed by atoms with Gasteiger partial charge in [0.2, 0.25) is 0 Å². The number of amides is 1. The highest BCUT2D eigenvalue weighted by atomic mass is 32.1. The summed E-state index contributed by atoms with van der Waals surface area (Å²) in [7, 11) is 0. The number of benzene rings is 2. The maximum atomic E-state index is 12.3. The van der Waals surface area contributed by atoms with Crippen molar-refractivity contribution in [1.82, 2.24) is 10.3 Å². The minimum Gasteiger partial charge on any atom is -0.508 e. The average molecular weight is 340 g/mol. The van der Waals surface area contributed by atoms with E-state index >= 15 is 0 Å². The quantitative estimate of drug-likeness (QED) is 0.750. The van der Waals surface area contributed by atoms with Crippen LogP contribution < -0.4 is 5.32 Å². The number of aromatic hydroxyl groups is 1. The van der Waals surface area contributed by atoms with Gasteiger partial charge < -0.3 is 10.4 Å². The van der Waals surface area contributed by atoms with E-state index in [-0.39, 0.29) is 17.1 Å². The number of hydrogen-bond acceptors (Lipinski definition) is 4. The van der Waals surface area contributed by atoms with Crippen molar-refractivity contribution in [3.05, 3.63) is 58.6 Å². The number of aromatic nitrogens is 1. The molecular formula is C19H20N2O2S. The van der Waals surface area contributed by atoms with Gasteiger partial charge in [-0.15, -0.1) is 11.3 Å². The number of carbonyl (C=O) groups excluding carboxylic acids is 1. The summed E-state index contributed by atoms with van der Waals surface area (Å²) in [5.41, 5.74) is 3.16. The summed E-state index contributed by atoms with van der Waals surface area (Å²) in [5, 5.41) is 12.8. The molecule has 4 nitrogen and oxygen atoms in total. The van der Waals surface area contributed by atoms with Gasteiger partial charge in [-0.2, -0.15) is 0 Å². The molecule has 1 heterocycles. The van der Waals surface area contributed by atoms with E-state index in [1.165, 1.54) is 16.9 Å². The van der Waals surface area contributed by atoms with Crippen LogP contribution in [-0.4, -0.2) is 16.0 Å². The SMILES string of the molecule is CC(C)(C)c1ccc(CNC(=O)c2nc3ccc(O)cc3s2)cc1. The molecule has 124 valence electrons. The third-order valence-corrected chi connectivity index (χ3v) is 4.86. The molecule has 5 heteroatoms. The largest absolute Gasteiger partial charge is 0.508 e. The Morgan fingerprint density at radius 2 is 1.88 bits per heavy atom. The second kappa shape index (κ2) is 6.24. The summed E-state index contributed by atoms with van der Waals surface area (Å²) in [6.07, 6.45) is 0. The van der Waals surface area contributed by atoms with E-state index in [4.69, 9.17) is 0 Å². The van der Waals surface area contributed by atoms with Crippen molar-refractivity contribution in [1.29, 1.82) is 0 Å². The van der Waals surface area contributed by atoms with Crippen LogP contribution in [0.25, 0.3) is 10.2 Å². The first-order valence-electron chi connectivity index (χ1n) is 7.80. The summed E-state index contributed by atoms with van der Waals surface area (Å²) in [6.45, 7) is 6.99. The number of fused-ring (bicyclic) bond motifs is 1. The van der Waals surface area contributed by atoms with Gasteiger partial charge in [0.05, 0.1) is 10.2 Å². The van der Waals surface area contributed by atoms with Crippen LogP contribution in [0.15, 0.2) is 42.5 Å². The Balaban J connectivity index is 1.68. The van der Waals surface area contributed by atoms with Gasteiger partial charge in [-0.3, -0.25) is 4.79 Å². The minimum absolute atomic E-state index is 0.119. The minimum atomic E-state index is -0.199. The van der Waals surface area contributed by atoms with E-state index in [1.807, 2.05) is 12.1 Å². The Bertz CT molecular complexity index is 877. The van der Waals surface area contributed by atoms with Gasteiger partial charge in [0.1, 0.15) is 5.75 Å². The van der Waals surface area contributed by atoms with E-state index in [2.05, 4.69) is 43.2 Å². The summed E-state index contributed by atoms with van der Waals surface area (Å²) in [5.74, 6) is -0.0207. The average Bonchev–Trinajstić information content (AvgIpc) is 2.95. The molecule has 2 N–H and O–H groups in total. The Labute approximate surface area is 145 Å². The third kappa shape index (κ3) is 3.57. The number of thiazole rings is 1. The van der Waals surface area contributed by atoms with Crippen molar-refractivity contribution in [2.24, 2.45) is 0 Å². The fourth-order valence-electron chi connectivity index (χ4n) is 2.39. The lowest BCUT2D eigenvalue weighted by atomic mass is 9.87. The maximum absolute atomic E-state index is 12.3. The Morgan fingerprint density at radius 3 is 2.54 bits per heavy atom. The molecule has 3 aromatic rings. The van der Waals surface area contributed by atoms with Gasteiger partial charge in [-0.25, -0.2) is 4.98 Å². The summed E-state index contributed by atoms with van der Waals surface area (Å²) >= 11 is 1.28. The fourth-order valence-corrected chi connectivity index (χ4v) is 3.31. The molecule has 0 atom stereocenters. The molecule has 0 bridgehead atoms. The third-order valence-electron chi connectivity index (χ3n) is 3.84. The molecule has 0 unspecified atom stereocenters. The van der Waals surface area contributed by atoms with Gasteiger partial charge in [-0.05, 0) is 34.7 Å². The Hall–Kier alpha value is -2.40. The Kier molecular flexibility index (Phi) is 4.28. The van der Waals surface area contributed by atoms with Crippen molar-refractivity contribution in [2.45, 2.75) is 32.7 Å². The molecule has 0 saturated carbocycles. The van der Waals surface area contributed by atoms with Crippen LogP contribution in [0.5, 0.6) is 5.75 Å². The maximum Gasteiger partial charge on any atom is 0.280 e. The molecule has 0 saturated heterocycles. The van der Waals surface area contributed by atoms with Crippen LogP contribution in [0.2, 0.25) is 0 Å². The normalized spacial score (nSPS) is 11.6. The van der Waals surface area contributed by atoms with E-state index < -0.39 is 0 Å². The molecule has 1 amide bonds. The van der Waals surface area contributed by atoms with Crippen LogP contribution in [-0.2, 0) is 12.0 Å². The van der Waals surface area contributed by atoms with Crippen molar-refractivity contribution in [3.8, 4) is 5.75 Å². The standard InChI is InChI=1S/C19H20N2O2S/c1-19(2,3)13-6-4-12(5-7-13)11-20-17(23)18-21-15-9-8-14(22)10-16(15)24-18/h4-10,22H,11H2,1-3H3,(H,20,23). The molecule has 2 aromatic carbocycles. The molecule has 0 radical (unpaired) electrons. The fraction of sp³-hybridized carbons (Fsp3) is 0.263. The smallest absolute Gasteiger partial charge is 0.280 e. The molecule has 0 fully saturated rings. The zero-order valence-corrected chi connectivity index (χ0v) is 14.8. The van der Waals surface area contributed by atoms with Crippen LogP contribution >= 0.6 is 11.3 Å². The number of nitrogens with zero attached hydrogens (tertiary/aromatic N) is 1. The number of nitrogens with one attached hydrogen (secondary N) is 1. The molecule has 24 heavy (non-hydrogen) atoms. The predicted octanol–water partition coefficient (Wildman–Crippen LogP) is 4.23. The van der Waals surface area contributed by atoms with Crippen LogP contribution in [0.3, 0.4) is 0 Å². The van der Waals surface area contributed by atoms with Gasteiger partial charge in [0, 0.05) is 6.54 Å². The highest BCUT2D eigenvalue weighted by Crippen LogP contribution is 2.26. The molecule has 0 aliphatic rings. The van der Waals surface area contributed by atoms with Crippen LogP contribution in [0.1, 0.15) is 41.7 Å². The number of phenolic OH excluding ortho intramolecular Hbond substituents is 1. The second-order valence-electron chi connectivity index (χ2n) is 6.80. The van der Waals surface area contributed by atoms with Gasteiger partial charge in [-0.1, -0.05) is 45.0 Å². The number of carbonyl (C=O) groups is 1. The molecular weight excluding hydrogens is 320 g/mol. The second-order valence-corrected chi connectivity index (χ2v) is 7.83. The summed E-state index contributed by atoms with van der Waals surface area (Å²) < 4.78 is 0.801. The summed E-state index contributed by atoms with van der Waals surface area (Å²) in [4.78, 5) is 16.6. The van der Waals surface area contributed by atoms with E-state index in [1.54, 1.807) is 18.2 Å². The predicted molar refractivity (Wildman–Crippen MR) is 97.6 cm³/mol. The van der Waals surface area contributed by atoms with Gasteiger partial charge >= 0.3 is 0 Å². The highest BCUT2D eigenvalue weighted by molar-refractivity contribution is 7.20. The monoisotopic (exact) mass is 340 g/mol. The molecule has 0 aliphatic heterocycles. The van der Waals surface area contributed by atoms with E-state index in [0.29, 0.717) is 11.6 Å². The molecule has 0 spiro atoms. The van der Waals surface area contributed by atoms with Crippen molar-refractivity contribution < 1.29 is 9.90 Å². The first-order valence-corrected chi connectivity index (χ1v) is 8.62. The number of hydrogen-bond donors (Lipinski definition) is 2. The van der Waals surface area contributed by atoms with Gasteiger partial charge in [0.25, 0.3) is 5.91 Å².